The normalized spacial score (nSPS) is 21.5. The molecule has 1 aromatic rings. The van der Waals surface area contributed by atoms with Crippen LogP contribution in [-0.4, -0.2) is 17.4 Å². The molecular weight excluding hydrogens is 210 g/mol. The van der Waals surface area contributed by atoms with Gasteiger partial charge in [0.15, 0.2) is 0 Å². The minimum absolute atomic E-state index is 0.171. The second kappa shape index (κ2) is 4.86. The zero-order chi connectivity index (χ0) is 10.7. The molecule has 0 amide bonds. The number of Topliss-reactive ketones (excluding diaryl/α,β-unsaturated/α-hetero) is 1. The van der Waals surface area contributed by atoms with E-state index in [2.05, 4.69) is 4.98 Å². The number of nitrogens with zero attached hydrogens (tertiary/aromatic N) is 1. The average molecular weight is 225 g/mol. The number of ether oxygens (including phenoxy) is 1. The number of hydrogen-bond acceptors (Lipinski definition) is 4. The van der Waals surface area contributed by atoms with E-state index in [1.165, 1.54) is 6.42 Å². The van der Waals surface area contributed by atoms with E-state index < -0.39 is 0 Å². The van der Waals surface area contributed by atoms with Gasteiger partial charge in [0, 0.05) is 24.1 Å². The van der Waals surface area contributed by atoms with Crippen molar-refractivity contribution in [3.63, 3.8) is 0 Å². The Bertz CT molecular complexity index is 342. The van der Waals surface area contributed by atoms with Crippen molar-refractivity contribution < 1.29 is 9.53 Å². The number of carbonyl (C=O) groups is 1. The maximum atomic E-state index is 10.9. The van der Waals surface area contributed by atoms with Gasteiger partial charge in [-0.2, -0.15) is 0 Å². The Morgan fingerprint density at radius 2 is 2.53 bits per heavy atom. The zero-order valence-corrected chi connectivity index (χ0v) is 9.68. The van der Waals surface area contributed by atoms with Crippen LogP contribution in [0.3, 0.4) is 0 Å². The molecule has 3 nitrogen and oxygen atoms in total. The van der Waals surface area contributed by atoms with Crippen molar-refractivity contribution in [3.8, 4) is 0 Å². The highest BCUT2D eigenvalue weighted by molar-refractivity contribution is 7.11. The van der Waals surface area contributed by atoms with Gasteiger partial charge in [0.05, 0.1) is 0 Å². The van der Waals surface area contributed by atoms with Crippen molar-refractivity contribution in [2.24, 2.45) is 0 Å². The molecule has 1 aliphatic rings. The third kappa shape index (κ3) is 2.86. The van der Waals surface area contributed by atoms with Gasteiger partial charge in [0.25, 0.3) is 0 Å². The summed E-state index contributed by atoms with van der Waals surface area (Å²) in [4.78, 5) is 16.3. The average Bonchev–Trinajstić information content (AvgIpc) is 2.67. The van der Waals surface area contributed by atoms with E-state index in [-0.39, 0.29) is 11.9 Å². The smallest absolute Gasteiger partial charge is 0.135 e. The second-order valence-electron chi connectivity index (χ2n) is 3.90. The minimum atomic E-state index is 0.171. The van der Waals surface area contributed by atoms with Gasteiger partial charge in [-0.3, -0.25) is 4.79 Å². The molecule has 0 radical (unpaired) electrons. The van der Waals surface area contributed by atoms with Crippen LogP contribution in [0.25, 0.3) is 0 Å². The lowest BCUT2D eigenvalue weighted by Crippen LogP contribution is -2.10. The Hall–Kier alpha value is -0.740. The highest BCUT2D eigenvalue weighted by Crippen LogP contribution is 2.30. The second-order valence-corrected chi connectivity index (χ2v) is 5.05. The molecule has 15 heavy (non-hydrogen) atoms. The molecule has 82 valence electrons. The first-order valence-electron chi connectivity index (χ1n) is 5.31. The summed E-state index contributed by atoms with van der Waals surface area (Å²) in [7, 11) is 0. The molecule has 1 aromatic heterocycles. The molecule has 2 heterocycles. The molecule has 1 saturated heterocycles. The fraction of sp³-hybridized carbons (Fsp3) is 0.636. The fourth-order valence-corrected chi connectivity index (χ4v) is 2.81. The fourth-order valence-electron chi connectivity index (χ4n) is 1.73. The van der Waals surface area contributed by atoms with Crippen LogP contribution >= 0.6 is 11.3 Å². The quantitative estimate of drug-likeness (QED) is 0.793. The summed E-state index contributed by atoms with van der Waals surface area (Å²) in [6, 6.07) is 0. The Balaban J connectivity index is 2.02. The minimum Gasteiger partial charge on any atom is -0.371 e. The van der Waals surface area contributed by atoms with E-state index in [0.717, 1.165) is 29.3 Å². The van der Waals surface area contributed by atoms with Gasteiger partial charge in [-0.25, -0.2) is 4.98 Å². The topological polar surface area (TPSA) is 39.2 Å². The molecular formula is C11H15NO2S. The zero-order valence-electron chi connectivity index (χ0n) is 8.86. The van der Waals surface area contributed by atoms with Crippen molar-refractivity contribution in [2.45, 2.75) is 38.7 Å². The van der Waals surface area contributed by atoms with Gasteiger partial charge in [0.2, 0.25) is 0 Å². The highest BCUT2D eigenvalue weighted by Gasteiger charge is 2.19. The van der Waals surface area contributed by atoms with Gasteiger partial charge in [0.1, 0.15) is 16.9 Å². The van der Waals surface area contributed by atoms with Crippen LogP contribution in [0.1, 0.15) is 42.2 Å². The first kappa shape index (κ1) is 10.8. The molecule has 0 saturated carbocycles. The Kier molecular flexibility index (Phi) is 3.49. The van der Waals surface area contributed by atoms with E-state index in [1.807, 2.05) is 0 Å². The number of ketones is 1. The van der Waals surface area contributed by atoms with Crippen LogP contribution in [0.15, 0.2) is 6.20 Å². The Morgan fingerprint density at radius 3 is 3.20 bits per heavy atom. The Morgan fingerprint density at radius 1 is 1.67 bits per heavy atom. The summed E-state index contributed by atoms with van der Waals surface area (Å²) in [5, 5.41) is 1.03. The predicted molar refractivity (Wildman–Crippen MR) is 59.0 cm³/mol. The molecule has 1 fully saturated rings. The maximum absolute atomic E-state index is 10.9. The SMILES string of the molecule is CC(=O)Cc1cnc(C2CCCCO2)s1. The van der Waals surface area contributed by atoms with Crippen molar-refractivity contribution in [1.82, 2.24) is 4.98 Å². The van der Waals surface area contributed by atoms with Crippen molar-refractivity contribution in [2.75, 3.05) is 6.61 Å². The summed E-state index contributed by atoms with van der Waals surface area (Å²) >= 11 is 1.61. The molecule has 0 spiro atoms. The van der Waals surface area contributed by atoms with E-state index in [9.17, 15) is 4.79 Å². The summed E-state index contributed by atoms with van der Waals surface area (Å²) in [5.41, 5.74) is 0. The van der Waals surface area contributed by atoms with Crippen molar-refractivity contribution >= 4 is 17.1 Å². The summed E-state index contributed by atoms with van der Waals surface area (Å²) < 4.78 is 5.65. The van der Waals surface area contributed by atoms with Crippen LogP contribution in [0, 0.1) is 0 Å². The lowest BCUT2D eigenvalue weighted by molar-refractivity contribution is -0.116. The molecule has 0 aromatic carbocycles. The van der Waals surface area contributed by atoms with E-state index in [4.69, 9.17) is 4.74 Å². The van der Waals surface area contributed by atoms with Crippen LogP contribution in [0.4, 0.5) is 0 Å². The molecule has 0 N–H and O–H groups in total. The number of thiazole rings is 1. The van der Waals surface area contributed by atoms with Gasteiger partial charge in [-0.1, -0.05) is 0 Å². The summed E-state index contributed by atoms with van der Waals surface area (Å²) in [6.07, 6.45) is 5.91. The monoisotopic (exact) mass is 225 g/mol. The highest BCUT2D eigenvalue weighted by atomic mass is 32.1. The van der Waals surface area contributed by atoms with E-state index in [0.29, 0.717) is 6.42 Å². The molecule has 0 bridgehead atoms. The molecule has 0 aliphatic carbocycles. The number of aromatic nitrogens is 1. The van der Waals surface area contributed by atoms with Crippen LogP contribution in [0.5, 0.6) is 0 Å². The van der Waals surface area contributed by atoms with Gasteiger partial charge in [-0.15, -0.1) is 11.3 Å². The summed E-state index contributed by atoms with van der Waals surface area (Å²) in [5.74, 6) is 0.190. The van der Waals surface area contributed by atoms with Gasteiger partial charge in [-0.05, 0) is 26.2 Å². The molecule has 2 rings (SSSR count). The van der Waals surface area contributed by atoms with Crippen LogP contribution in [0.2, 0.25) is 0 Å². The number of rotatable bonds is 3. The summed E-state index contributed by atoms with van der Waals surface area (Å²) in [6.45, 7) is 2.45. The van der Waals surface area contributed by atoms with Crippen LogP contribution in [-0.2, 0) is 16.0 Å². The van der Waals surface area contributed by atoms with E-state index >= 15 is 0 Å². The molecule has 4 heteroatoms. The van der Waals surface area contributed by atoms with E-state index in [1.54, 1.807) is 24.5 Å². The lowest BCUT2D eigenvalue weighted by Gasteiger charge is -2.20. The molecule has 1 unspecified atom stereocenters. The predicted octanol–water partition coefficient (Wildman–Crippen LogP) is 2.52. The van der Waals surface area contributed by atoms with Crippen molar-refractivity contribution in [1.29, 1.82) is 0 Å². The molecule has 1 aliphatic heterocycles. The first-order valence-corrected chi connectivity index (χ1v) is 6.13. The number of hydrogen-bond donors (Lipinski definition) is 0. The third-order valence-corrected chi connectivity index (χ3v) is 3.54. The van der Waals surface area contributed by atoms with Crippen LogP contribution < -0.4 is 0 Å². The van der Waals surface area contributed by atoms with Crippen molar-refractivity contribution in [3.05, 3.63) is 16.1 Å². The van der Waals surface area contributed by atoms with Gasteiger partial charge >= 0.3 is 0 Å². The largest absolute Gasteiger partial charge is 0.371 e. The molecule has 1 atom stereocenters. The maximum Gasteiger partial charge on any atom is 0.135 e. The first-order chi connectivity index (χ1) is 7.25. The Labute approximate surface area is 93.5 Å². The lowest BCUT2D eigenvalue weighted by atomic mass is 10.1. The van der Waals surface area contributed by atoms with Gasteiger partial charge < -0.3 is 4.74 Å². The standard InChI is InChI=1S/C11H15NO2S/c1-8(13)6-9-7-12-11(15-9)10-4-2-3-5-14-10/h7,10H,2-6H2,1H3. The third-order valence-electron chi connectivity index (χ3n) is 2.45. The number of carbonyl (C=O) groups excluding carboxylic acids is 1.